The maximum Gasteiger partial charge on any atom is 0.00888 e. The minimum atomic E-state index is 0.481. The lowest BCUT2D eigenvalue weighted by Gasteiger charge is -2.26. The van der Waals surface area contributed by atoms with Crippen molar-refractivity contribution in [1.82, 2.24) is 4.90 Å². The Hall–Kier alpha value is -0.860. The van der Waals surface area contributed by atoms with Crippen molar-refractivity contribution in [2.45, 2.75) is 25.7 Å². The van der Waals surface area contributed by atoms with E-state index in [1.54, 1.807) is 0 Å². The number of benzene rings is 1. The monoisotopic (exact) mass is 232 g/mol. The van der Waals surface area contributed by atoms with Crippen molar-refractivity contribution in [3.63, 3.8) is 0 Å². The molecule has 0 spiro atoms. The second-order valence-electron chi connectivity index (χ2n) is 5.14. The smallest absolute Gasteiger partial charge is 0.00888 e. The van der Waals surface area contributed by atoms with Crippen LogP contribution in [0.4, 0.5) is 0 Å². The van der Waals surface area contributed by atoms with Crippen molar-refractivity contribution in [3.05, 3.63) is 35.9 Å². The van der Waals surface area contributed by atoms with E-state index < -0.39 is 0 Å². The molecular formula is C15H24N2. The molecule has 0 aromatic heterocycles. The van der Waals surface area contributed by atoms with E-state index in [1.807, 2.05) is 0 Å². The molecule has 1 aliphatic carbocycles. The van der Waals surface area contributed by atoms with E-state index in [-0.39, 0.29) is 0 Å². The lowest BCUT2D eigenvalue weighted by atomic mass is 9.98. The van der Waals surface area contributed by atoms with Gasteiger partial charge in [-0.15, -0.1) is 0 Å². The highest BCUT2D eigenvalue weighted by molar-refractivity contribution is 5.20. The maximum absolute atomic E-state index is 5.93. The minimum Gasteiger partial charge on any atom is -0.330 e. The van der Waals surface area contributed by atoms with Gasteiger partial charge in [0.2, 0.25) is 0 Å². The van der Waals surface area contributed by atoms with Crippen LogP contribution < -0.4 is 5.73 Å². The molecule has 1 unspecified atom stereocenters. The van der Waals surface area contributed by atoms with Gasteiger partial charge in [-0.1, -0.05) is 37.3 Å². The third kappa shape index (κ3) is 3.83. The van der Waals surface area contributed by atoms with Gasteiger partial charge in [0.1, 0.15) is 0 Å². The second-order valence-corrected chi connectivity index (χ2v) is 5.14. The standard InChI is InChI=1S/C15H24N2/c1-2-17(11-13-8-9-13)12-15(10-16)14-6-4-3-5-7-14/h3-7,13,15H,2,8-12,16H2,1H3. The Balaban J connectivity index is 1.93. The largest absolute Gasteiger partial charge is 0.330 e. The zero-order chi connectivity index (χ0) is 12.1. The molecule has 1 saturated carbocycles. The summed E-state index contributed by atoms with van der Waals surface area (Å²) in [5, 5.41) is 0. The summed E-state index contributed by atoms with van der Waals surface area (Å²) in [6, 6.07) is 10.7. The van der Waals surface area contributed by atoms with E-state index in [9.17, 15) is 0 Å². The molecule has 0 aliphatic heterocycles. The summed E-state index contributed by atoms with van der Waals surface area (Å²) in [6.45, 7) is 6.50. The van der Waals surface area contributed by atoms with E-state index >= 15 is 0 Å². The molecule has 1 atom stereocenters. The van der Waals surface area contributed by atoms with Gasteiger partial charge in [-0.2, -0.15) is 0 Å². The van der Waals surface area contributed by atoms with E-state index in [0.717, 1.165) is 25.6 Å². The van der Waals surface area contributed by atoms with Crippen LogP contribution in [0.1, 0.15) is 31.2 Å². The Labute approximate surface area is 105 Å². The van der Waals surface area contributed by atoms with Crippen LogP contribution in [0.3, 0.4) is 0 Å². The highest BCUT2D eigenvalue weighted by Crippen LogP contribution is 2.30. The molecule has 1 fully saturated rings. The quantitative estimate of drug-likeness (QED) is 0.782. The summed E-state index contributed by atoms with van der Waals surface area (Å²) in [5.74, 6) is 1.44. The molecule has 2 heteroatoms. The van der Waals surface area contributed by atoms with Crippen LogP contribution in [0.25, 0.3) is 0 Å². The second kappa shape index (κ2) is 6.18. The Morgan fingerprint density at radius 1 is 1.29 bits per heavy atom. The van der Waals surface area contributed by atoms with E-state index in [0.29, 0.717) is 5.92 Å². The van der Waals surface area contributed by atoms with Gasteiger partial charge in [0.25, 0.3) is 0 Å². The highest BCUT2D eigenvalue weighted by atomic mass is 15.1. The molecule has 1 aliphatic rings. The summed E-state index contributed by atoms with van der Waals surface area (Å²) in [7, 11) is 0. The van der Waals surface area contributed by atoms with E-state index in [4.69, 9.17) is 5.73 Å². The first-order chi connectivity index (χ1) is 8.33. The molecule has 94 valence electrons. The van der Waals surface area contributed by atoms with Crippen LogP contribution in [0, 0.1) is 5.92 Å². The molecule has 17 heavy (non-hydrogen) atoms. The molecule has 1 aromatic carbocycles. The van der Waals surface area contributed by atoms with Gasteiger partial charge in [-0.25, -0.2) is 0 Å². The van der Waals surface area contributed by atoms with Gasteiger partial charge in [-0.3, -0.25) is 0 Å². The van der Waals surface area contributed by atoms with Gasteiger partial charge in [0.05, 0.1) is 0 Å². The molecule has 2 N–H and O–H groups in total. The Morgan fingerprint density at radius 2 is 2.00 bits per heavy atom. The Bertz CT molecular complexity index is 319. The van der Waals surface area contributed by atoms with E-state index in [1.165, 1.54) is 24.9 Å². The van der Waals surface area contributed by atoms with Gasteiger partial charge in [0.15, 0.2) is 0 Å². The molecular weight excluding hydrogens is 208 g/mol. The molecule has 2 nitrogen and oxygen atoms in total. The SMILES string of the molecule is CCN(CC1CC1)CC(CN)c1ccccc1. The first-order valence-corrected chi connectivity index (χ1v) is 6.80. The predicted molar refractivity (Wildman–Crippen MR) is 73.1 cm³/mol. The number of rotatable bonds is 7. The molecule has 0 amide bonds. The van der Waals surface area contributed by atoms with Crippen LogP contribution >= 0.6 is 0 Å². The van der Waals surface area contributed by atoms with Crippen molar-refractivity contribution in [3.8, 4) is 0 Å². The van der Waals surface area contributed by atoms with Crippen LogP contribution in [-0.4, -0.2) is 31.1 Å². The van der Waals surface area contributed by atoms with Gasteiger partial charge in [0, 0.05) is 25.6 Å². The first kappa shape index (κ1) is 12.6. The summed E-state index contributed by atoms with van der Waals surface area (Å²) < 4.78 is 0. The normalized spacial score (nSPS) is 17.4. The van der Waals surface area contributed by atoms with Crippen molar-refractivity contribution in [1.29, 1.82) is 0 Å². The zero-order valence-electron chi connectivity index (χ0n) is 10.8. The maximum atomic E-state index is 5.93. The first-order valence-electron chi connectivity index (χ1n) is 6.80. The third-order valence-corrected chi connectivity index (χ3v) is 3.69. The fraction of sp³-hybridized carbons (Fsp3) is 0.600. The number of nitrogens with two attached hydrogens (primary N) is 1. The average molecular weight is 232 g/mol. The summed E-state index contributed by atoms with van der Waals surface area (Å²) in [6.07, 6.45) is 2.85. The zero-order valence-corrected chi connectivity index (χ0v) is 10.8. The summed E-state index contributed by atoms with van der Waals surface area (Å²) in [5.41, 5.74) is 7.31. The average Bonchev–Trinajstić information content (AvgIpc) is 3.19. The van der Waals surface area contributed by atoms with E-state index in [2.05, 4.69) is 42.2 Å². The van der Waals surface area contributed by atoms with Crippen molar-refractivity contribution in [2.24, 2.45) is 11.7 Å². The fourth-order valence-corrected chi connectivity index (χ4v) is 2.35. The van der Waals surface area contributed by atoms with Crippen LogP contribution in [0.5, 0.6) is 0 Å². The van der Waals surface area contributed by atoms with Crippen molar-refractivity contribution in [2.75, 3.05) is 26.2 Å². The van der Waals surface area contributed by atoms with Gasteiger partial charge in [-0.05, 0) is 30.9 Å². The summed E-state index contributed by atoms with van der Waals surface area (Å²) >= 11 is 0. The van der Waals surface area contributed by atoms with Crippen molar-refractivity contribution >= 4 is 0 Å². The molecule has 0 radical (unpaired) electrons. The predicted octanol–water partition coefficient (Wildman–Crippen LogP) is 2.46. The Kier molecular flexibility index (Phi) is 4.57. The number of hydrogen-bond acceptors (Lipinski definition) is 2. The van der Waals surface area contributed by atoms with Crippen LogP contribution in [-0.2, 0) is 0 Å². The molecule has 0 saturated heterocycles. The van der Waals surface area contributed by atoms with Crippen LogP contribution in [0.15, 0.2) is 30.3 Å². The number of likely N-dealkylation sites (N-methyl/N-ethyl adjacent to an activating group) is 1. The molecule has 2 rings (SSSR count). The minimum absolute atomic E-state index is 0.481. The van der Waals surface area contributed by atoms with Gasteiger partial charge < -0.3 is 10.6 Å². The summed E-state index contributed by atoms with van der Waals surface area (Å²) in [4.78, 5) is 2.56. The topological polar surface area (TPSA) is 29.3 Å². The lowest BCUT2D eigenvalue weighted by molar-refractivity contribution is 0.260. The fourth-order valence-electron chi connectivity index (χ4n) is 2.35. The van der Waals surface area contributed by atoms with Crippen LogP contribution in [0.2, 0.25) is 0 Å². The number of nitrogens with zero attached hydrogens (tertiary/aromatic N) is 1. The third-order valence-electron chi connectivity index (χ3n) is 3.69. The highest BCUT2D eigenvalue weighted by Gasteiger charge is 2.24. The Morgan fingerprint density at radius 3 is 2.53 bits per heavy atom. The van der Waals surface area contributed by atoms with Gasteiger partial charge >= 0.3 is 0 Å². The lowest BCUT2D eigenvalue weighted by Crippen LogP contribution is -2.33. The number of hydrogen-bond donors (Lipinski definition) is 1. The van der Waals surface area contributed by atoms with Crippen molar-refractivity contribution < 1.29 is 0 Å². The molecule has 0 heterocycles. The molecule has 0 bridgehead atoms. The molecule has 1 aromatic rings.